The molecule has 2 aliphatic heterocycles. The Morgan fingerprint density at radius 3 is 1.48 bits per heavy atom. The Hall–Kier alpha value is -4.22. The fourth-order valence-corrected chi connectivity index (χ4v) is 6.50. The molecule has 2 aromatic carbocycles. The molecule has 248 valence electrons. The summed E-state index contributed by atoms with van der Waals surface area (Å²) in [4.78, 5) is 50.3. The van der Waals surface area contributed by atoms with Gasteiger partial charge < -0.3 is 29.1 Å². The molecule has 46 heavy (non-hydrogen) atoms. The molecule has 0 spiro atoms. The average Bonchev–Trinajstić information content (AvgIpc) is 3.97. The van der Waals surface area contributed by atoms with Gasteiger partial charge in [-0.1, -0.05) is 60.7 Å². The average molecular weight is 643 g/mol. The van der Waals surface area contributed by atoms with Crippen molar-refractivity contribution >= 4 is 24.1 Å². The molecule has 12 heteroatoms. The Bertz CT molecular complexity index is 1390. The van der Waals surface area contributed by atoms with Crippen LogP contribution in [0.1, 0.15) is 43.7 Å². The Balaban J connectivity index is 0.000000182. The van der Waals surface area contributed by atoms with Crippen LogP contribution in [0.25, 0.3) is 0 Å². The van der Waals surface area contributed by atoms with E-state index in [2.05, 4.69) is 0 Å². The van der Waals surface area contributed by atoms with Gasteiger partial charge in [-0.3, -0.25) is 9.59 Å². The standard InChI is InChI=1S/C18H22FNO4.C16H18FNO4/c1-2-23-16(21)18(8-9-18)14-10-20(11-15(14)19)17(22)24-12-13-6-4-3-5-7-13;17-13-9-18(8-12(13)16(6-7-16)14(19)20)15(21)22-10-11-4-2-1-3-5-11/h3-7,14-15H,2,8-12H2,1H3;1-5,12-13H,6-10H2,(H,19,20)/t14-,15+;12-,13+/m00/s1. The minimum atomic E-state index is -1.30. The molecule has 0 aromatic heterocycles. The molecule has 2 saturated carbocycles. The minimum Gasteiger partial charge on any atom is -0.481 e. The molecule has 4 aliphatic rings. The SMILES string of the molecule is CCOC(=O)C1([C@H]2CN(C(=O)OCc3ccccc3)C[C@H]2F)CC1.O=C(OCc1ccccc1)N1C[C@@H](F)[C@@H](C2(C(=O)O)CC2)C1. The van der Waals surface area contributed by atoms with Crippen molar-refractivity contribution < 1.29 is 47.3 Å². The smallest absolute Gasteiger partial charge is 0.410 e. The highest BCUT2D eigenvalue weighted by Gasteiger charge is 2.62. The molecule has 2 saturated heterocycles. The van der Waals surface area contributed by atoms with E-state index in [-0.39, 0.29) is 52.0 Å². The number of likely N-dealkylation sites (tertiary alicyclic amines) is 2. The lowest BCUT2D eigenvalue weighted by Crippen LogP contribution is -2.34. The third kappa shape index (κ3) is 7.26. The number of alkyl halides is 2. The van der Waals surface area contributed by atoms with Crippen LogP contribution in [0.15, 0.2) is 60.7 Å². The number of aliphatic carboxylic acids is 1. The van der Waals surface area contributed by atoms with Gasteiger partial charge in [-0.2, -0.15) is 0 Å². The van der Waals surface area contributed by atoms with Crippen molar-refractivity contribution in [2.24, 2.45) is 22.7 Å². The van der Waals surface area contributed by atoms with Gasteiger partial charge in [-0.05, 0) is 43.7 Å². The van der Waals surface area contributed by atoms with Gasteiger partial charge in [-0.15, -0.1) is 0 Å². The predicted molar refractivity (Wildman–Crippen MR) is 161 cm³/mol. The highest BCUT2D eigenvalue weighted by molar-refractivity contribution is 5.81. The second kappa shape index (κ2) is 14.0. The van der Waals surface area contributed by atoms with Crippen LogP contribution >= 0.6 is 0 Å². The maximum atomic E-state index is 14.4. The van der Waals surface area contributed by atoms with Gasteiger partial charge >= 0.3 is 24.1 Å². The first-order valence-electron chi connectivity index (χ1n) is 15.7. The number of rotatable bonds is 9. The van der Waals surface area contributed by atoms with E-state index in [4.69, 9.17) is 14.2 Å². The van der Waals surface area contributed by atoms with E-state index in [9.17, 15) is 33.1 Å². The molecule has 1 N–H and O–H groups in total. The molecule has 0 unspecified atom stereocenters. The Morgan fingerprint density at radius 1 is 0.696 bits per heavy atom. The van der Waals surface area contributed by atoms with E-state index < -0.39 is 53.2 Å². The van der Waals surface area contributed by atoms with Crippen LogP contribution in [0.3, 0.4) is 0 Å². The van der Waals surface area contributed by atoms with Crippen LogP contribution in [-0.2, 0) is 37.0 Å². The lowest BCUT2D eigenvalue weighted by atomic mass is 9.87. The molecule has 10 nitrogen and oxygen atoms in total. The van der Waals surface area contributed by atoms with Gasteiger partial charge in [0.2, 0.25) is 0 Å². The third-order valence-electron chi connectivity index (χ3n) is 9.53. The van der Waals surface area contributed by atoms with Gasteiger partial charge in [0.05, 0.1) is 30.5 Å². The van der Waals surface area contributed by atoms with E-state index in [0.29, 0.717) is 25.7 Å². The molecule has 4 atom stereocenters. The maximum absolute atomic E-state index is 14.4. The topological polar surface area (TPSA) is 123 Å². The summed E-state index contributed by atoms with van der Waals surface area (Å²) in [6.45, 7) is 2.50. The van der Waals surface area contributed by atoms with Crippen molar-refractivity contribution in [3.63, 3.8) is 0 Å². The fourth-order valence-electron chi connectivity index (χ4n) is 6.50. The quantitative estimate of drug-likeness (QED) is 0.285. The number of carboxylic acids is 1. The zero-order valence-electron chi connectivity index (χ0n) is 25.8. The van der Waals surface area contributed by atoms with Crippen LogP contribution in [0.4, 0.5) is 18.4 Å². The first-order chi connectivity index (χ1) is 22.1. The summed E-state index contributed by atoms with van der Waals surface area (Å²) in [5, 5.41) is 9.26. The first-order valence-corrected chi connectivity index (χ1v) is 15.7. The second-order valence-electron chi connectivity index (χ2n) is 12.5. The number of hydrogen-bond donors (Lipinski definition) is 1. The molecule has 2 aliphatic carbocycles. The number of hydrogen-bond acceptors (Lipinski definition) is 7. The van der Waals surface area contributed by atoms with Gasteiger partial charge in [0.15, 0.2) is 0 Å². The van der Waals surface area contributed by atoms with Crippen LogP contribution in [0.5, 0.6) is 0 Å². The number of carbonyl (C=O) groups excluding carboxylic acids is 3. The van der Waals surface area contributed by atoms with Crippen LogP contribution in [0.2, 0.25) is 0 Å². The minimum absolute atomic E-state index is 0.0283. The molecular formula is C34H40F2N2O8. The van der Waals surface area contributed by atoms with Crippen molar-refractivity contribution in [3.8, 4) is 0 Å². The number of carbonyl (C=O) groups is 4. The van der Waals surface area contributed by atoms with Crippen LogP contribution in [0, 0.1) is 22.7 Å². The third-order valence-corrected chi connectivity index (χ3v) is 9.53. The van der Waals surface area contributed by atoms with E-state index >= 15 is 0 Å². The monoisotopic (exact) mass is 642 g/mol. The second-order valence-corrected chi connectivity index (χ2v) is 12.5. The lowest BCUT2D eigenvalue weighted by Gasteiger charge is -2.22. The van der Waals surface area contributed by atoms with Gasteiger partial charge in [0.1, 0.15) is 25.6 Å². The summed E-state index contributed by atoms with van der Waals surface area (Å²) in [6.07, 6.45) is -1.42. The summed E-state index contributed by atoms with van der Waals surface area (Å²) >= 11 is 0. The Labute approximate surface area is 266 Å². The zero-order chi connectivity index (χ0) is 32.9. The Morgan fingerprint density at radius 2 is 1.11 bits per heavy atom. The van der Waals surface area contributed by atoms with Gasteiger partial charge in [-0.25, -0.2) is 18.4 Å². The van der Waals surface area contributed by atoms with Crippen molar-refractivity contribution in [3.05, 3.63) is 71.8 Å². The number of halogens is 2. The number of nitrogens with zero attached hydrogens (tertiary/aromatic N) is 2. The van der Waals surface area contributed by atoms with Crippen molar-refractivity contribution in [1.29, 1.82) is 0 Å². The molecule has 0 bridgehead atoms. The van der Waals surface area contributed by atoms with Crippen LogP contribution in [-0.4, -0.2) is 84.2 Å². The normalized spacial score (nSPS) is 25.1. The largest absolute Gasteiger partial charge is 0.481 e. The van der Waals surface area contributed by atoms with Crippen molar-refractivity contribution in [2.45, 2.75) is 58.2 Å². The fraction of sp³-hybridized carbons (Fsp3) is 0.529. The summed E-state index contributed by atoms with van der Waals surface area (Å²) in [5.41, 5.74) is 0.00813. The molecular weight excluding hydrogens is 602 g/mol. The number of benzene rings is 2. The summed E-state index contributed by atoms with van der Waals surface area (Å²) in [5.74, 6) is -2.42. The number of ether oxygens (including phenoxy) is 3. The summed E-state index contributed by atoms with van der Waals surface area (Å²) in [6, 6.07) is 18.6. The van der Waals surface area contributed by atoms with Gasteiger partial charge in [0.25, 0.3) is 0 Å². The predicted octanol–water partition coefficient (Wildman–Crippen LogP) is 5.39. The summed E-state index contributed by atoms with van der Waals surface area (Å²) in [7, 11) is 0. The highest BCUT2D eigenvalue weighted by atomic mass is 19.1. The van der Waals surface area contributed by atoms with Gasteiger partial charge in [0, 0.05) is 24.9 Å². The highest BCUT2D eigenvalue weighted by Crippen LogP contribution is 2.57. The first kappa shape index (κ1) is 33.2. The van der Waals surface area contributed by atoms with Crippen molar-refractivity contribution in [1.82, 2.24) is 9.80 Å². The van der Waals surface area contributed by atoms with E-state index in [1.165, 1.54) is 9.80 Å². The number of amides is 2. The maximum Gasteiger partial charge on any atom is 0.410 e. The molecule has 4 fully saturated rings. The van der Waals surface area contributed by atoms with E-state index in [0.717, 1.165) is 11.1 Å². The molecule has 2 heterocycles. The van der Waals surface area contributed by atoms with Crippen molar-refractivity contribution in [2.75, 3.05) is 32.8 Å². The summed E-state index contributed by atoms with van der Waals surface area (Å²) < 4.78 is 44.1. The molecule has 2 aromatic rings. The Kier molecular flexibility index (Phi) is 10.1. The van der Waals surface area contributed by atoms with Crippen LogP contribution < -0.4 is 0 Å². The molecule has 0 radical (unpaired) electrons. The molecule has 6 rings (SSSR count). The molecule has 2 amide bonds. The van der Waals surface area contributed by atoms with E-state index in [1.54, 1.807) is 6.92 Å². The number of carboxylic acid groups (broad SMARTS) is 1. The lowest BCUT2D eigenvalue weighted by molar-refractivity contribution is -0.152. The zero-order valence-corrected chi connectivity index (χ0v) is 25.8. The van der Waals surface area contributed by atoms with E-state index in [1.807, 2.05) is 60.7 Å². The number of esters is 1.